The normalized spacial score (nSPS) is 28.9. The molecule has 0 radical (unpaired) electrons. The third-order valence-corrected chi connectivity index (χ3v) is 6.16. The van der Waals surface area contributed by atoms with E-state index in [1.165, 1.54) is 19.3 Å². The average molecular weight is 294 g/mol. The van der Waals surface area contributed by atoms with E-state index in [0.717, 1.165) is 24.4 Å². The summed E-state index contributed by atoms with van der Waals surface area (Å²) < 4.78 is 27.7. The van der Waals surface area contributed by atoms with Crippen molar-refractivity contribution in [1.29, 1.82) is 0 Å². The second-order valence-electron chi connectivity index (χ2n) is 6.08. The molecule has 3 unspecified atom stereocenters. The molecule has 2 N–H and O–H groups in total. The van der Waals surface area contributed by atoms with Gasteiger partial charge in [-0.05, 0) is 55.8 Å². The van der Waals surface area contributed by atoms with Gasteiger partial charge in [0, 0.05) is 12.6 Å². The second kappa shape index (κ2) is 5.47. The van der Waals surface area contributed by atoms with Crippen LogP contribution >= 0.6 is 0 Å². The molecular formula is C15H22N2O2S. The van der Waals surface area contributed by atoms with Gasteiger partial charge in [0.15, 0.2) is 0 Å². The molecule has 0 spiro atoms. The molecule has 0 saturated heterocycles. The van der Waals surface area contributed by atoms with E-state index in [4.69, 9.17) is 0 Å². The molecule has 2 bridgehead atoms. The van der Waals surface area contributed by atoms with Crippen LogP contribution in [0.3, 0.4) is 0 Å². The number of sulfonamides is 1. The summed E-state index contributed by atoms with van der Waals surface area (Å²) in [5.41, 5.74) is 1.09. The maximum Gasteiger partial charge on any atom is 0.240 e. The highest BCUT2D eigenvalue weighted by Crippen LogP contribution is 2.44. The van der Waals surface area contributed by atoms with Gasteiger partial charge in [0.05, 0.1) is 4.90 Å². The molecule has 0 aromatic heterocycles. The molecule has 2 saturated carbocycles. The van der Waals surface area contributed by atoms with Crippen LogP contribution in [-0.2, 0) is 16.6 Å². The standard InChI is InChI=1S/C15H22N2O2S/c1-16-10-11-3-6-14(7-4-11)20(18,19)17-15-9-12-2-5-13(15)8-12/h3-4,6-7,12-13,15-17H,2,5,8-10H2,1H3. The molecule has 0 heterocycles. The van der Waals surface area contributed by atoms with E-state index in [-0.39, 0.29) is 6.04 Å². The van der Waals surface area contributed by atoms with Gasteiger partial charge in [-0.15, -0.1) is 0 Å². The van der Waals surface area contributed by atoms with Crippen LogP contribution in [-0.4, -0.2) is 21.5 Å². The Labute approximate surface area is 121 Å². The van der Waals surface area contributed by atoms with E-state index in [1.54, 1.807) is 12.1 Å². The monoisotopic (exact) mass is 294 g/mol. The van der Waals surface area contributed by atoms with E-state index < -0.39 is 10.0 Å². The minimum absolute atomic E-state index is 0.149. The smallest absolute Gasteiger partial charge is 0.240 e. The predicted octanol–water partition coefficient (Wildman–Crippen LogP) is 1.87. The molecule has 110 valence electrons. The Morgan fingerprint density at radius 2 is 1.90 bits per heavy atom. The van der Waals surface area contributed by atoms with E-state index in [1.807, 2.05) is 19.2 Å². The zero-order valence-electron chi connectivity index (χ0n) is 11.8. The minimum Gasteiger partial charge on any atom is -0.316 e. The Kier molecular flexibility index (Phi) is 3.84. The van der Waals surface area contributed by atoms with Crippen molar-refractivity contribution in [3.8, 4) is 0 Å². The van der Waals surface area contributed by atoms with Crippen molar-refractivity contribution >= 4 is 10.0 Å². The first kappa shape index (κ1) is 14.0. The van der Waals surface area contributed by atoms with Crippen LogP contribution in [0.5, 0.6) is 0 Å². The van der Waals surface area contributed by atoms with Gasteiger partial charge in [0.1, 0.15) is 0 Å². The summed E-state index contributed by atoms with van der Waals surface area (Å²) in [5.74, 6) is 1.30. The summed E-state index contributed by atoms with van der Waals surface area (Å²) >= 11 is 0. The molecule has 0 aliphatic heterocycles. The van der Waals surface area contributed by atoms with Gasteiger partial charge in [-0.25, -0.2) is 13.1 Å². The third kappa shape index (κ3) is 2.75. The molecule has 1 aromatic rings. The fourth-order valence-electron chi connectivity index (χ4n) is 3.65. The van der Waals surface area contributed by atoms with Gasteiger partial charge in [-0.3, -0.25) is 0 Å². The van der Waals surface area contributed by atoms with E-state index in [9.17, 15) is 8.42 Å². The Bertz CT molecular complexity index is 568. The number of benzene rings is 1. The zero-order valence-corrected chi connectivity index (χ0v) is 12.6. The van der Waals surface area contributed by atoms with Gasteiger partial charge in [0.25, 0.3) is 0 Å². The lowest BCUT2D eigenvalue weighted by Gasteiger charge is -2.22. The highest BCUT2D eigenvalue weighted by molar-refractivity contribution is 7.89. The molecule has 20 heavy (non-hydrogen) atoms. The Hall–Kier alpha value is -0.910. The van der Waals surface area contributed by atoms with Gasteiger partial charge < -0.3 is 5.32 Å². The van der Waals surface area contributed by atoms with Crippen LogP contribution in [0, 0.1) is 11.8 Å². The molecule has 2 aliphatic carbocycles. The van der Waals surface area contributed by atoms with Gasteiger partial charge in [0.2, 0.25) is 10.0 Å². The summed E-state index contributed by atoms with van der Waals surface area (Å²) in [4.78, 5) is 0.375. The third-order valence-electron chi connectivity index (χ3n) is 4.66. The fourth-order valence-corrected chi connectivity index (χ4v) is 4.96. The molecule has 2 fully saturated rings. The summed E-state index contributed by atoms with van der Waals surface area (Å²) in [6.07, 6.45) is 4.68. The summed E-state index contributed by atoms with van der Waals surface area (Å²) in [6.45, 7) is 0.750. The Balaban J connectivity index is 1.71. The quantitative estimate of drug-likeness (QED) is 0.871. The molecule has 2 aliphatic rings. The second-order valence-corrected chi connectivity index (χ2v) is 7.79. The summed E-state index contributed by atoms with van der Waals surface area (Å²) in [5, 5.41) is 3.05. The van der Waals surface area contributed by atoms with Gasteiger partial charge in [-0.2, -0.15) is 0 Å². The average Bonchev–Trinajstić information content (AvgIpc) is 3.01. The van der Waals surface area contributed by atoms with Crippen molar-refractivity contribution in [2.45, 2.75) is 43.2 Å². The Morgan fingerprint density at radius 1 is 1.15 bits per heavy atom. The van der Waals surface area contributed by atoms with Crippen molar-refractivity contribution in [2.24, 2.45) is 11.8 Å². The first-order valence-corrected chi connectivity index (χ1v) is 8.82. The van der Waals surface area contributed by atoms with Crippen molar-refractivity contribution in [1.82, 2.24) is 10.0 Å². The summed E-state index contributed by atoms with van der Waals surface area (Å²) in [6, 6.07) is 7.28. The molecule has 1 aromatic carbocycles. The molecule has 4 nitrogen and oxygen atoms in total. The van der Waals surface area contributed by atoms with Crippen molar-refractivity contribution in [3.05, 3.63) is 29.8 Å². The first-order chi connectivity index (χ1) is 9.58. The van der Waals surface area contributed by atoms with Crippen LogP contribution in [0.15, 0.2) is 29.2 Å². The molecular weight excluding hydrogens is 272 g/mol. The van der Waals surface area contributed by atoms with Gasteiger partial charge >= 0.3 is 0 Å². The van der Waals surface area contributed by atoms with Crippen LogP contribution in [0.1, 0.15) is 31.2 Å². The number of rotatable bonds is 5. The van der Waals surface area contributed by atoms with E-state index in [0.29, 0.717) is 10.8 Å². The van der Waals surface area contributed by atoms with E-state index >= 15 is 0 Å². The maximum absolute atomic E-state index is 12.4. The van der Waals surface area contributed by atoms with Crippen LogP contribution < -0.4 is 10.0 Å². The largest absolute Gasteiger partial charge is 0.316 e. The number of fused-ring (bicyclic) bond motifs is 2. The lowest BCUT2D eigenvalue weighted by Crippen LogP contribution is -2.38. The summed E-state index contributed by atoms with van der Waals surface area (Å²) in [7, 11) is -1.49. The van der Waals surface area contributed by atoms with Crippen molar-refractivity contribution in [3.63, 3.8) is 0 Å². The fraction of sp³-hybridized carbons (Fsp3) is 0.600. The topological polar surface area (TPSA) is 58.2 Å². The molecule has 3 rings (SSSR count). The maximum atomic E-state index is 12.4. The zero-order chi connectivity index (χ0) is 14.2. The predicted molar refractivity (Wildman–Crippen MR) is 78.8 cm³/mol. The van der Waals surface area contributed by atoms with Crippen LogP contribution in [0.4, 0.5) is 0 Å². The van der Waals surface area contributed by atoms with Crippen molar-refractivity contribution in [2.75, 3.05) is 7.05 Å². The van der Waals surface area contributed by atoms with Crippen molar-refractivity contribution < 1.29 is 8.42 Å². The Morgan fingerprint density at radius 3 is 2.45 bits per heavy atom. The lowest BCUT2D eigenvalue weighted by atomic mass is 9.96. The highest BCUT2D eigenvalue weighted by atomic mass is 32.2. The highest BCUT2D eigenvalue weighted by Gasteiger charge is 2.41. The van der Waals surface area contributed by atoms with Crippen LogP contribution in [0.2, 0.25) is 0 Å². The number of hydrogen-bond donors (Lipinski definition) is 2. The molecule has 0 amide bonds. The SMILES string of the molecule is CNCc1ccc(S(=O)(=O)NC2CC3CCC2C3)cc1. The van der Waals surface area contributed by atoms with Gasteiger partial charge in [-0.1, -0.05) is 18.6 Å². The molecule has 5 heteroatoms. The first-order valence-electron chi connectivity index (χ1n) is 7.34. The number of nitrogens with one attached hydrogen (secondary N) is 2. The lowest BCUT2D eigenvalue weighted by molar-refractivity contribution is 0.390. The minimum atomic E-state index is -3.37. The molecule has 3 atom stereocenters. The van der Waals surface area contributed by atoms with E-state index in [2.05, 4.69) is 10.0 Å². The number of hydrogen-bond acceptors (Lipinski definition) is 3. The van der Waals surface area contributed by atoms with Crippen LogP contribution in [0.25, 0.3) is 0 Å².